The lowest BCUT2D eigenvalue weighted by Crippen LogP contribution is -2.31. The summed E-state index contributed by atoms with van der Waals surface area (Å²) >= 11 is 0. The predicted molar refractivity (Wildman–Crippen MR) is 73.8 cm³/mol. The smallest absolute Gasteiger partial charge is 0.303 e. The van der Waals surface area contributed by atoms with E-state index in [-0.39, 0.29) is 5.41 Å². The van der Waals surface area contributed by atoms with Crippen LogP contribution in [0.4, 0.5) is 0 Å². The Hall–Kier alpha value is -1.42. The molecule has 0 saturated heterocycles. The van der Waals surface area contributed by atoms with Crippen molar-refractivity contribution in [2.24, 2.45) is 5.41 Å². The molecule has 1 aromatic heterocycles. The van der Waals surface area contributed by atoms with E-state index in [2.05, 4.69) is 16.8 Å². The van der Waals surface area contributed by atoms with Gasteiger partial charge in [-0.2, -0.15) is 0 Å². The summed E-state index contributed by atoms with van der Waals surface area (Å²) < 4.78 is 0. The fourth-order valence-corrected chi connectivity index (χ4v) is 2.56. The third-order valence-corrected chi connectivity index (χ3v) is 3.82. The Labute approximate surface area is 114 Å². The number of carbonyl (C=O) groups is 1. The van der Waals surface area contributed by atoms with Crippen LogP contribution in [0.15, 0.2) is 18.2 Å². The van der Waals surface area contributed by atoms with Gasteiger partial charge in [0, 0.05) is 18.8 Å². The van der Waals surface area contributed by atoms with Gasteiger partial charge in [-0.3, -0.25) is 14.7 Å². The van der Waals surface area contributed by atoms with E-state index in [0.717, 1.165) is 43.9 Å². The minimum Gasteiger partial charge on any atom is -0.481 e. The molecule has 0 atom stereocenters. The third-order valence-electron chi connectivity index (χ3n) is 3.82. The molecule has 1 saturated carbocycles. The average molecular weight is 262 g/mol. The van der Waals surface area contributed by atoms with Crippen molar-refractivity contribution in [1.82, 2.24) is 9.88 Å². The first kappa shape index (κ1) is 14.0. The Morgan fingerprint density at radius 1 is 1.47 bits per heavy atom. The Bertz CT molecular complexity index is 455. The van der Waals surface area contributed by atoms with Gasteiger partial charge in [0.05, 0.1) is 12.1 Å². The summed E-state index contributed by atoms with van der Waals surface area (Å²) in [5.41, 5.74) is 2.11. The van der Waals surface area contributed by atoms with Gasteiger partial charge in [-0.25, -0.2) is 0 Å². The zero-order chi connectivity index (χ0) is 13.9. The maximum atomic E-state index is 10.9. The molecule has 0 bridgehead atoms. The number of hydrogen-bond acceptors (Lipinski definition) is 3. The summed E-state index contributed by atoms with van der Waals surface area (Å²) in [6.07, 6.45) is 2.37. The van der Waals surface area contributed by atoms with Crippen LogP contribution in [0.1, 0.15) is 37.6 Å². The first-order chi connectivity index (χ1) is 9.03. The summed E-state index contributed by atoms with van der Waals surface area (Å²) in [4.78, 5) is 17.7. The van der Waals surface area contributed by atoms with Gasteiger partial charge in [0.25, 0.3) is 0 Å². The number of aromatic nitrogens is 1. The standard InChI is InChI=1S/C15H22N2O2/c1-3-17(10-13-6-4-5-12(2)16-13)11-15(7-8-15)9-14(18)19/h4-6H,3,7-11H2,1-2H3,(H,18,19). The minimum absolute atomic E-state index is 0.0195. The van der Waals surface area contributed by atoms with Gasteiger partial charge in [0.1, 0.15) is 0 Å². The monoisotopic (exact) mass is 262 g/mol. The SMILES string of the molecule is CCN(Cc1cccc(C)n1)CC1(CC(=O)O)CC1. The highest BCUT2D eigenvalue weighted by Gasteiger charge is 2.45. The molecule has 1 heterocycles. The van der Waals surface area contributed by atoms with E-state index >= 15 is 0 Å². The van der Waals surface area contributed by atoms with E-state index in [1.54, 1.807) is 0 Å². The lowest BCUT2D eigenvalue weighted by Gasteiger charge is -2.25. The van der Waals surface area contributed by atoms with Crippen molar-refractivity contribution in [1.29, 1.82) is 0 Å². The van der Waals surface area contributed by atoms with Gasteiger partial charge in [-0.1, -0.05) is 13.0 Å². The lowest BCUT2D eigenvalue weighted by atomic mass is 10.0. The van der Waals surface area contributed by atoms with Gasteiger partial charge in [0.15, 0.2) is 0 Å². The van der Waals surface area contributed by atoms with Crippen LogP contribution in [-0.2, 0) is 11.3 Å². The van der Waals surface area contributed by atoms with Crippen LogP contribution < -0.4 is 0 Å². The molecule has 0 aromatic carbocycles. The van der Waals surface area contributed by atoms with Crippen molar-refractivity contribution in [2.75, 3.05) is 13.1 Å². The molecule has 1 N–H and O–H groups in total. The van der Waals surface area contributed by atoms with E-state index < -0.39 is 5.97 Å². The van der Waals surface area contributed by atoms with E-state index in [1.165, 1.54) is 0 Å². The van der Waals surface area contributed by atoms with Crippen molar-refractivity contribution in [3.05, 3.63) is 29.6 Å². The molecule has 4 nitrogen and oxygen atoms in total. The number of aliphatic carboxylic acids is 1. The van der Waals surface area contributed by atoms with Crippen molar-refractivity contribution in [2.45, 2.75) is 39.7 Å². The Morgan fingerprint density at radius 3 is 2.74 bits per heavy atom. The summed E-state index contributed by atoms with van der Waals surface area (Å²) in [5.74, 6) is -0.678. The number of aryl methyl sites for hydroxylation is 1. The van der Waals surface area contributed by atoms with Crippen LogP contribution in [-0.4, -0.2) is 34.0 Å². The molecular formula is C15H22N2O2. The van der Waals surface area contributed by atoms with Gasteiger partial charge in [-0.15, -0.1) is 0 Å². The molecule has 104 valence electrons. The first-order valence-corrected chi connectivity index (χ1v) is 6.90. The second-order valence-corrected chi connectivity index (χ2v) is 5.64. The third kappa shape index (κ3) is 4.03. The van der Waals surface area contributed by atoms with Gasteiger partial charge in [0.2, 0.25) is 0 Å². The fraction of sp³-hybridized carbons (Fsp3) is 0.600. The van der Waals surface area contributed by atoms with Crippen LogP contribution in [0.3, 0.4) is 0 Å². The number of rotatable bonds is 7. The zero-order valence-electron chi connectivity index (χ0n) is 11.7. The summed E-state index contributed by atoms with van der Waals surface area (Å²) in [6, 6.07) is 6.05. The molecule has 0 amide bonds. The quantitative estimate of drug-likeness (QED) is 0.820. The lowest BCUT2D eigenvalue weighted by molar-refractivity contribution is -0.138. The normalized spacial score (nSPS) is 16.6. The second-order valence-electron chi connectivity index (χ2n) is 5.64. The summed E-state index contributed by atoms with van der Waals surface area (Å²) in [5, 5.41) is 8.97. The molecule has 1 aliphatic rings. The van der Waals surface area contributed by atoms with E-state index in [4.69, 9.17) is 5.11 Å². The number of carboxylic acid groups (broad SMARTS) is 1. The van der Waals surface area contributed by atoms with Gasteiger partial charge >= 0.3 is 5.97 Å². The van der Waals surface area contributed by atoms with Crippen LogP contribution in [0.5, 0.6) is 0 Å². The molecule has 1 aliphatic carbocycles. The first-order valence-electron chi connectivity index (χ1n) is 6.90. The number of pyridine rings is 1. The molecule has 1 fully saturated rings. The number of carboxylic acids is 1. The minimum atomic E-state index is -0.678. The molecule has 0 aliphatic heterocycles. The second kappa shape index (κ2) is 5.70. The highest BCUT2D eigenvalue weighted by atomic mass is 16.4. The molecular weight excluding hydrogens is 240 g/mol. The summed E-state index contributed by atoms with van der Waals surface area (Å²) in [7, 11) is 0. The maximum Gasteiger partial charge on any atom is 0.303 e. The molecule has 0 radical (unpaired) electrons. The van der Waals surface area contributed by atoms with Gasteiger partial charge in [-0.05, 0) is 43.9 Å². The maximum absolute atomic E-state index is 10.9. The average Bonchev–Trinajstić information content (AvgIpc) is 3.07. The van der Waals surface area contributed by atoms with Crippen molar-refractivity contribution in [3.63, 3.8) is 0 Å². The molecule has 2 rings (SSSR count). The molecule has 1 aromatic rings. The fourth-order valence-electron chi connectivity index (χ4n) is 2.56. The Balaban J connectivity index is 1.95. The van der Waals surface area contributed by atoms with Crippen LogP contribution in [0.2, 0.25) is 0 Å². The largest absolute Gasteiger partial charge is 0.481 e. The number of nitrogens with zero attached hydrogens (tertiary/aromatic N) is 2. The van der Waals surface area contributed by atoms with E-state index in [0.29, 0.717) is 6.42 Å². The van der Waals surface area contributed by atoms with E-state index in [9.17, 15) is 4.79 Å². The molecule has 4 heteroatoms. The zero-order valence-corrected chi connectivity index (χ0v) is 11.7. The molecule has 0 unspecified atom stereocenters. The van der Waals surface area contributed by atoms with Crippen LogP contribution >= 0.6 is 0 Å². The summed E-state index contributed by atoms with van der Waals surface area (Å²) in [6.45, 7) is 6.71. The van der Waals surface area contributed by atoms with Crippen LogP contribution in [0.25, 0.3) is 0 Å². The van der Waals surface area contributed by atoms with Crippen LogP contribution in [0, 0.1) is 12.3 Å². The molecule has 0 spiro atoms. The Kier molecular flexibility index (Phi) is 4.20. The van der Waals surface area contributed by atoms with Crippen molar-refractivity contribution < 1.29 is 9.90 Å². The van der Waals surface area contributed by atoms with Crippen molar-refractivity contribution in [3.8, 4) is 0 Å². The van der Waals surface area contributed by atoms with Gasteiger partial charge < -0.3 is 5.11 Å². The molecule has 19 heavy (non-hydrogen) atoms. The Morgan fingerprint density at radius 2 is 2.21 bits per heavy atom. The number of hydrogen-bond donors (Lipinski definition) is 1. The topological polar surface area (TPSA) is 53.4 Å². The van der Waals surface area contributed by atoms with E-state index in [1.807, 2.05) is 25.1 Å². The predicted octanol–water partition coefficient (Wildman–Crippen LogP) is 2.47. The highest BCUT2D eigenvalue weighted by Crippen LogP contribution is 2.49. The van der Waals surface area contributed by atoms with Crippen molar-refractivity contribution >= 4 is 5.97 Å². The highest BCUT2D eigenvalue weighted by molar-refractivity contribution is 5.68.